The molecular weight excluding hydrogens is 528 g/mol. The second-order valence-electron chi connectivity index (χ2n) is 17.6. The molecule has 3 heterocycles. The molecule has 42 heavy (non-hydrogen) atoms. The molecule has 8 unspecified atom stereocenters. The first-order chi connectivity index (χ1) is 19.9. The van der Waals surface area contributed by atoms with E-state index in [1.165, 1.54) is 57.8 Å². The third-order valence-electron chi connectivity index (χ3n) is 15.3. The molecule has 240 valence electrons. The maximum Gasteiger partial charge on any atom is 0.170 e. The fraction of sp³-hybridized carbons (Fsp3) is 1.00. The van der Waals surface area contributed by atoms with Gasteiger partial charge in [-0.05, 0) is 123 Å². The van der Waals surface area contributed by atoms with Gasteiger partial charge in [-0.2, -0.15) is 0 Å². The van der Waals surface area contributed by atoms with Gasteiger partial charge >= 0.3 is 0 Å². The van der Waals surface area contributed by atoms with Crippen LogP contribution in [-0.2, 0) is 18.9 Å². The highest BCUT2D eigenvalue weighted by molar-refractivity contribution is 5.29. The van der Waals surface area contributed by atoms with Gasteiger partial charge in [0.1, 0.15) is 0 Å². The maximum atomic E-state index is 10.6. The lowest BCUT2D eigenvalue weighted by Crippen LogP contribution is -2.58. The lowest BCUT2D eigenvalue weighted by atomic mass is 9.46. The number of rotatable bonds is 5. The van der Waals surface area contributed by atoms with Gasteiger partial charge in [0.15, 0.2) is 6.29 Å². The molecule has 7 nitrogen and oxygen atoms in total. The molecule has 7 heteroatoms. The average molecular weight is 589 g/mol. The summed E-state index contributed by atoms with van der Waals surface area (Å²) in [5.74, 6) is 3.02. The summed E-state index contributed by atoms with van der Waals surface area (Å²) >= 11 is 0. The summed E-state index contributed by atoms with van der Waals surface area (Å²) in [7, 11) is 0. The number of nitrogens with zero attached hydrogens (tertiary/aromatic N) is 1. The average Bonchev–Trinajstić information content (AvgIpc) is 3.48. The first-order valence-electron chi connectivity index (χ1n) is 17.6. The van der Waals surface area contributed by atoms with Crippen molar-refractivity contribution in [1.29, 1.82) is 0 Å². The summed E-state index contributed by atoms with van der Waals surface area (Å²) in [5, 5.41) is 10.6. The van der Waals surface area contributed by atoms with Gasteiger partial charge in [0.2, 0.25) is 0 Å². The van der Waals surface area contributed by atoms with Crippen LogP contribution in [0.3, 0.4) is 0 Å². The number of nitrogens with two attached hydrogens (primary N) is 1. The Labute approximate surface area is 255 Å². The van der Waals surface area contributed by atoms with Crippen LogP contribution in [-0.4, -0.2) is 85.2 Å². The molecule has 2 spiro atoms. The predicted molar refractivity (Wildman–Crippen MR) is 163 cm³/mol. The Hall–Kier alpha value is -0.280. The van der Waals surface area contributed by atoms with E-state index in [0.29, 0.717) is 34.3 Å². The van der Waals surface area contributed by atoms with Gasteiger partial charge < -0.3 is 29.8 Å². The van der Waals surface area contributed by atoms with Gasteiger partial charge in [0.25, 0.3) is 0 Å². The summed E-state index contributed by atoms with van der Waals surface area (Å²) in [6.07, 6.45) is 13.4. The van der Waals surface area contributed by atoms with E-state index in [-0.39, 0.29) is 31.4 Å². The molecule has 3 N–H and O–H groups in total. The topological polar surface area (TPSA) is 86.4 Å². The van der Waals surface area contributed by atoms with Crippen LogP contribution in [0.4, 0.5) is 0 Å². The molecule has 0 amide bonds. The van der Waals surface area contributed by atoms with Crippen molar-refractivity contribution in [3.05, 3.63) is 0 Å². The van der Waals surface area contributed by atoms with Crippen LogP contribution in [0.2, 0.25) is 0 Å². The van der Waals surface area contributed by atoms with E-state index in [9.17, 15) is 5.11 Å². The van der Waals surface area contributed by atoms with E-state index in [1.54, 1.807) is 0 Å². The van der Waals surface area contributed by atoms with Gasteiger partial charge in [-0.3, -0.25) is 4.90 Å². The smallest absolute Gasteiger partial charge is 0.170 e. The molecule has 12 atom stereocenters. The van der Waals surface area contributed by atoms with Crippen molar-refractivity contribution in [2.24, 2.45) is 51.1 Å². The van der Waals surface area contributed by atoms with Crippen LogP contribution < -0.4 is 5.73 Å². The number of hydrogen-bond acceptors (Lipinski definition) is 7. The minimum atomic E-state index is -0.904. The van der Waals surface area contributed by atoms with Crippen molar-refractivity contribution in [2.75, 3.05) is 32.9 Å². The second-order valence-corrected chi connectivity index (χ2v) is 17.6. The Balaban J connectivity index is 0.00000300. The summed E-state index contributed by atoms with van der Waals surface area (Å²) < 4.78 is 25.4. The minimum absolute atomic E-state index is 0. The molecular formula is C35H60N2O5. The van der Waals surface area contributed by atoms with Gasteiger partial charge in [0, 0.05) is 7.97 Å². The SMILES string of the molecule is CC12CC[C@@]34C[C@@]35CC[C@H](OC3CN(C6COC6)CCO3)C(C)(C)C5CCC4C1CC1OC([C@H](N)C(C)(C)O)CCC12.[HH]. The maximum absolute atomic E-state index is 10.6. The predicted octanol–water partition coefficient (Wildman–Crippen LogP) is 4.98. The molecule has 0 aromatic carbocycles. The van der Waals surface area contributed by atoms with Crippen LogP contribution in [0.1, 0.15) is 100 Å². The van der Waals surface area contributed by atoms with E-state index in [0.717, 1.165) is 57.1 Å². The monoisotopic (exact) mass is 588 g/mol. The fourth-order valence-electron chi connectivity index (χ4n) is 12.9. The highest BCUT2D eigenvalue weighted by atomic mass is 16.7. The first-order valence-corrected chi connectivity index (χ1v) is 17.6. The molecule has 8 fully saturated rings. The Morgan fingerprint density at radius 3 is 2.50 bits per heavy atom. The van der Waals surface area contributed by atoms with Gasteiger partial charge in [-0.15, -0.1) is 0 Å². The molecule has 0 aromatic rings. The zero-order chi connectivity index (χ0) is 29.3. The zero-order valence-electron chi connectivity index (χ0n) is 27.0. The summed E-state index contributed by atoms with van der Waals surface area (Å²) in [5.41, 5.74) is 7.24. The zero-order valence-corrected chi connectivity index (χ0v) is 27.0. The second kappa shape index (κ2) is 9.62. The van der Waals surface area contributed by atoms with Crippen molar-refractivity contribution < 1.29 is 25.5 Å². The minimum Gasteiger partial charge on any atom is -0.389 e. The fourth-order valence-corrected chi connectivity index (χ4v) is 12.9. The Morgan fingerprint density at radius 2 is 1.76 bits per heavy atom. The van der Waals surface area contributed by atoms with Crippen molar-refractivity contribution in [3.63, 3.8) is 0 Å². The lowest BCUT2D eigenvalue weighted by molar-refractivity contribution is -0.253. The van der Waals surface area contributed by atoms with E-state index < -0.39 is 5.60 Å². The van der Waals surface area contributed by atoms with Crippen molar-refractivity contribution >= 4 is 0 Å². The summed E-state index contributed by atoms with van der Waals surface area (Å²) in [6.45, 7) is 15.7. The number of ether oxygens (including phenoxy) is 4. The number of morpholine rings is 1. The van der Waals surface area contributed by atoms with Gasteiger partial charge in [-0.25, -0.2) is 0 Å². The molecule has 3 saturated heterocycles. The molecule has 0 radical (unpaired) electrons. The van der Waals surface area contributed by atoms with Gasteiger partial charge in [0.05, 0.1) is 62.4 Å². The van der Waals surface area contributed by atoms with Crippen LogP contribution in [0.15, 0.2) is 0 Å². The molecule has 0 bridgehead atoms. The summed E-state index contributed by atoms with van der Waals surface area (Å²) in [4.78, 5) is 2.53. The largest absolute Gasteiger partial charge is 0.389 e. The van der Waals surface area contributed by atoms with Crippen LogP contribution in [0.5, 0.6) is 0 Å². The molecule has 3 aliphatic heterocycles. The van der Waals surface area contributed by atoms with E-state index in [1.807, 2.05) is 13.8 Å². The highest BCUT2D eigenvalue weighted by Crippen LogP contribution is 2.87. The van der Waals surface area contributed by atoms with E-state index in [2.05, 4.69) is 25.7 Å². The molecule has 0 aromatic heterocycles. The van der Waals surface area contributed by atoms with E-state index >= 15 is 0 Å². The molecule has 5 saturated carbocycles. The van der Waals surface area contributed by atoms with Gasteiger partial charge in [-0.1, -0.05) is 20.8 Å². The molecule has 8 rings (SSSR count). The number of aliphatic hydroxyl groups is 1. The van der Waals surface area contributed by atoms with Crippen LogP contribution in [0.25, 0.3) is 0 Å². The van der Waals surface area contributed by atoms with E-state index in [4.69, 9.17) is 24.7 Å². The third kappa shape index (κ3) is 4.02. The Kier molecular flexibility index (Phi) is 6.68. The number of fused-ring (bicyclic) bond motifs is 4. The van der Waals surface area contributed by atoms with Crippen LogP contribution >= 0.6 is 0 Å². The summed E-state index contributed by atoms with van der Waals surface area (Å²) in [6, 6.07) is 0.228. The highest BCUT2D eigenvalue weighted by Gasteiger charge is 2.80. The normalized spacial score (nSPS) is 52.6. The number of hydrogen-bond donors (Lipinski definition) is 2. The first kappa shape index (κ1) is 29.1. The van der Waals surface area contributed by atoms with Crippen molar-refractivity contribution in [3.8, 4) is 0 Å². The van der Waals surface area contributed by atoms with Crippen LogP contribution in [0, 0.1) is 45.3 Å². The molecule has 5 aliphatic carbocycles. The Morgan fingerprint density at radius 1 is 0.976 bits per heavy atom. The third-order valence-corrected chi connectivity index (χ3v) is 15.3. The van der Waals surface area contributed by atoms with Crippen molar-refractivity contribution in [2.45, 2.75) is 141 Å². The Bertz CT molecular complexity index is 1070. The standard InChI is InChI=1S/C35H58N2O5.H2/c1-31(2)27-9-7-22-24-16-26-23(6-8-25(41-26)30(36)32(3,4)38)33(24,5)12-13-34(22)20-35(27,34)11-10-28(31)42-29-17-37(14-15-40-29)21-18-39-19-21;/h21-30,38H,6-20,36H2,1-5H3;1H/t22?,23?,24?,25?,26?,27?,28-,29?,30-,33?,34-,35+;/m0./s1. The van der Waals surface area contributed by atoms with Crippen molar-refractivity contribution in [1.82, 2.24) is 4.90 Å². The molecule has 8 aliphatic rings. The lowest BCUT2D eigenvalue weighted by Gasteiger charge is -2.60. The quantitative estimate of drug-likeness (QED) is 0.469.